The monoisotopic (exact) mass is 693 g/mol. The van der Waals surface area contributed by atoms with Crippen LogP contribution in [0.15, 0.2) is 186 Å². The van der Waals surface area contributed by atoms with Crippen LogP contribution in [0.2, 0.25) is 0 Å². The molecule has 10 rings (SSSR count). The van der Waals surface area contributed by atoms with Crippen LogP contribution in [0.3, 0.4) is 0 Å². The van der Waals surface area contributed by atoms with Crippen molar-refractivity contribution in [2.45, 2.75) is 12.8 Å². The highest BCUT2D eigenvalue weighted by Gasteiger charge is 2.20. The third-order valence-corrected chi connectivity index (χ3v) is 10.5. The first-order valence-electron chi connectivity index (χ1n) is 18.5. The quantitative estimate of drug-likeness (QED) is 0.167. The molecule has 0 radical (unpaired) electrons. The molecule has 0 atom stereocenters. The molecule has 1 aliphatic carbocycles. The molecule has 0 spiro atoms. The lowest BCUT2D eigenvalue weighted by Crippen LogP contribution is -2.02. The fourth-order valence-electron chi connectivity index (χ4n) is 7.91. The highest BCUT2D eigenvalue weighted by Crippen LogP contribution is 2.41. The van der Waals surface area contributed by atoms with Crippen molar-refractivity contribution in [1.82, 2.24) is 14.8 Å². The van der Waals surface area contributed by atoms with Gasteiger partial charge in [-0.1, -0.05) is 140 Å². The summed E-state index contributed by atoms with van der Waals surface area (Å²) in [6.07, 6.45) is 6.71. The first kappa shape index (κ1) is 31.7. The fraction of sp³-hybridized carbons (Fsp3) is 0.0400. The Kier molecular flexibility index (Phi) is 7.92. The van der Waals surface area contributed by atoms with Gasteiger partial charge in [0.1, 0.15) is 0 Å². The molecule has 0 saturated heterocycles. The average Bonchev–Trinajstić information content (AvgIpc) is 3.88. The summed E-state index contributed by atoms with van der Waals surface area (Å²) in [6, 6.07) is 62.1. The van der Waals surface area contributed by atoms with Crippen molar-refractivity contribution in [3.8, 4) is 73.1 Å². The number of allylic oxidation sites excluding steroid dienone is 1. The van der Waals surface area contributed by atoms with Gasteiger partial charge >= 0.3 is 0 Å². The predicted molar refractivity (Wildman–Crippen MR) is 221 cm³/mol. The van der Waals surface area contributed by atoms with Gasteiger partial charge in [0.2, 0.25) is 11.8 Å². The molecule has 0 fully saturated rings. The molecule has 256 valence electrons. The third kappa shape index (κ3) is 5.65. The molecule has 0 amide bonds. The molecule has 54 heavy (non-hydrogen) atoms. The topological polar surface area (TPSA) is 43.9 Å². The van der Waals surface area contributed by atoms with Gasteiger partial charge in [0, 0.05) is 33.5 Å². The van der Waals surface area contributed by atoms with Gasteiger partial charge in [0.15, 0.2) is 0 Å². The Morgan fingerprint density at radius 3 is 1.76 bits per heavy atom. The summed E-state index contributed by atoms with van der Waals surface area (Å²) in [4.78, 5) is 0. The molecule has 4 nitrogen and oxygen atoms in total. The van der Waals surface area contributed by atoms with Crippen molar-refractivity contribution >= 4 is 17.0 Å². The summed E-state index contributed by atoms with van der Waals surface area (Å²) < 4.78 is 8.66. The lowest BCUT2D eigenvalue weighted by molar-refractivity contribution is 0.584. The normalized spacial score (nSPS) is 12.2. The van der Waals surface area contributed by atoms with Gasteiger partial charge in [-0.15, -0.1) is 10.2 Å². The van der Waals surface area contributed by atoms with Crippen molar-refractivity contribution in [2.24, 2.45) is 0 Å². The van der Waals surface area contributed by atoms with Crippen LogP contribution in [-0.4, -0.2) is 14.8 Å². The molecule has 4 heteroatoms. The van der Waals surface area contributed by atoms with E-state index < -0.39 is 0 Å². The van der Waals surface area contributed by atoms with E-state index in [0.29, 0.717) is 11.8 Å². The average molecular weight is 694 g/mol. The second-order valence-corrected chi connectivity index (χ2v) is 13.7. The van der Waals surface area contributed by atoms with Crippen molar-refractivity contribution in [2.75, 3.05) is 0 Å². The predicted octanol–water partition coefficient (Wildman–Crippen LogP) is 13.0. The number of nitrogens with zero attached hydrogens (tertiary/aromatic N) is 3. The van der Waals surface area contributed by atoms with Crippen molar-refractivity contribution < 1.29 is 4.42 Å². The standard InChI is InChI=1S/C50H35N3O/c1-3-14-34(15-4-1)37-16-13-17-39(32-37)50-52-51-49(54-50)36-28-26-35(27-29-36)41-20-7-9-22-43(41)44-23-10-8-21-42(44)38-30-31-48-46(33-38)45-24-11-12-25-47(45)53(48)40-18-5-2-6-19-40/h1-11,13-24,26-33H,12,25H2. The van der Waals surface area contributed by atoms with Crippen molar-refractivity contribution in [1.29, 1.82) is 0 Å². The molecule has 1 aliphatic rings. The fourth-order valence-corrected chi connectivity index (χ4v) is 7.91. The van der Waals surface area contributed by atoms with E-state index in [1.165, 1.54) is 50.1 Å². The highest BCUT2D eigenvalue weighted by atomic mass is 16.4. The highest BCUT2D eigenvalue weighted by molar-refractivity contribution is 5.99. The number of para-hydroxylation sites is 1. The first-order chi connectivity index (χ1) is 26.8. The van der Waals surface area contributed by atoms with Crippen LogP contribution in [0.4, 0.5) is 0 Å². The van der Waals surface area contributed by atoms with Gasteiger partial charge in [-0.05, 0) is 106 Å². The van der Waals surface area contributed by atoms with Crippen LogP contribution in [0.1, 0.15) is 17.7 Å². The Morgan fingerprint density at radius 2 is 1.02 bits per heavy atom. The summed E-state index contributed by atoms with van der Waals surface area (Å²) in [6.45, 7) is 0. The minimum atomic E-state index is 0.494. The zero-order chi connectivity index (χ0) is 35.8. The molecule has 0 aliphatic heterocycles. The maximum atomic E-state index is 6.21. The molecule has 0 saturated carbocycles. The van der Waals surface area contributed by atoms with Gasteiger partial charge in [-0.3, -0.25) is 0 Å². The zero-order valence-corrected chi connectivity index (χ0v) is 29.6. The van der Waals surface area contributed by atoms with E-state index in [1.54, 1.807) is 0 Å². The molecule has 7 aromatic carbocycles. The van der Waals surface area contributed by atoms with Crippen molar-refractivity contribution in [3.05, 3.63) is 193 Å². The second-order valence-electron chi connectivity index (χ2n) is 13.7. The van der Waals surface area contributed by atoms with Gasteiger partial charge < -0.3 is 8.98 Å². The SMILES string of the molecule is C1=Cc2c(n(-c3ccccc3)c3ccc(-c4ccccc4-c4ccccc4-c4ccc(-c5nnc(-c6cccc(-c7ccccc7)c6)o5)cc4)cc23)CC1. The minimum absolute atomic E-state index is 0.494. The number of rotatable bonds is 7. The van der Waals surface area contributed by atoms with E-state index in [-0.39, 0.29) is 0 Å². The molecule has 2 aromatic heterocycles. The van der Waals surface area contributed by atoms with Crippen LogP contribution in [-0.2, 0) is 6.42 Å². The van der Waals surface area contributed by atoms with E-state index in [2.05, 4.69) is 173 Å². The van der Waals surface area contributed by atoms with E-state index in [0.717, 1.165) is 46.2 Å². The van der Waals surface area contributed by atoms with Gasteiger partial charge in [0.05, 0.1) is 5.52 Å². The summed E-state index contributed by atoms with van der Waals surface area (Å²) >= 11 is 0. The van der Waals surface area contributed by atoms with Crippen LogP contribution in [0.5, 0.6) is 0 Å². The Morgan fingerprint density at radius 1 is 0.444 bits per heavy atom. The first-order valence-corrected chi connectivity index (χ1v) is 18.5. The Balaban J connectivity index is 0.987. The van der Waals surface area contributed by atoms with Gasteiger partial charge in [-0.25, -0.2) is 0 Å². The molecular weight excluding hydrogens is 659 g/mol. The molecule has 0 N–H and O–H groups in total. The largest absolute Gasteiger partial charge is 0.416 e. The summed E-state index contributed by atoms with van der Waals surface area (Å²) in [7, 11) is 0. The maximum absolute atomic E-state index is 6.21. The molecule has 0 bridgehead atoms. The summed E-state index contributed by atoms with van der Waals surface area (Å²) in [5.74, 6) is 0.994. The third-order valence-electron chi connectivity index (χ3n) is 10.5. The smallest absolute Gasteiger partial charge is 0.248 e. The van der Waals surface area contributed by atoms with E-state index in [9.17, 15) is 0 Å². The van der Waals surface area contributed by atoms with Gasteiger partial charge in [0.25, 0.3) is 0 Å². The van der Waals surface area contributed by atoms with Crippen LogP contribution in [0, 0.1) is 0 Å². The van der Waals surface area contributed by atoms with Crippen molar-refractivity contribution in [3.63, 3.8) is 0 Å². The number of benzene rings is 7. The number of fused-ring (bicyclic) bond motifs is 3. The minimum Gasteiger partial charge on any atom is -0.416 e. The Bertz CT molecular complexity index is 2810. The number of hydrogen-bond acceptors (Lipinski definition) is 3. The van der Waals surface area contributed by atoms with E-state index in [4.69, 9.17) is 4.42 Å². The second kappa shape index (κ2) is 13.5. The lowest BCUT2D eigenvalue weighted by Gasteiger charge is -2.15. The lowest BCUT2D eigenvalue weighted by atomic mass is 9.89. The molecular formula is C50H35N3O. The van der Waals surface area contributed by atoms with Crippen LogP contribution >= 0.6 is 0 Å². The summed E-state index contributed by atoms with van der Waals surface area (Å²) in [5, 5.41) is 10.1. The molecule has 9 aromatic rings. The van der Waals surface area contributed by atoms with E-state index in [1.807, 2.05) is 30.3 Å². The van der Waals surface area contributed by atoms with Crippen LogP contribution < -0.4 is 0 Å². The Hall–Kier alpha value is -7.04. The van der Waals surface area contributed by atoms with Gasteiger partial charge in [-0.2, -0.15) is 0 Å². The molecule has 0 unspecified atom stereocenters. The maximum Gasteiger partial charge on any atom is 0.248 e. The van der Waals surface area contributed by atoms with E-state index >= 15 is 0 Å². The number of hydrogen-bond donors (Lipinski definition) is 0. The Labute approximate surface area is 314 Å². The van der Waals surface area contributed by atoms with Crippen LogP contribution in [0.25, 0.3) is 90.1 Å². The molecule has 2 heterocycles. The zero-order valence-electron chi connectivity index (χ0n) is 29.6. The number of aromatic nitrogens is 3. The summed E-state index contributed by atoms with van der Waals surface area (Å²) in [5.41, 5.74) is 16.3.